The molecule has 0 saturated carbocycles. The molecule has 1 aromatic carbocycles. The van der Waals surface area contributed by atoms with Crippen LogP contribution in [0.5, 0.6) is 11.5 Å². The Morgan fingerprint density at radius 3 is 2.72 bits per heavy atom. The van der Waals surface area contributed by atoms with Crippen molar-refractivity contribution in [2.45, 2.75) is 19.6 Å². The van der Waals surface area contributed by atoms with E-state index in [4.69, 9.17) is 18.9 Å². The Labute approximate surface area is 113 Å². The van der Waals surface area contributed by atoms with Crippen LogP contribution in [-0.4, -0.2) is 25.7 Å². The van der Waals surface area contributed by atoms with Crippen LogP contribution in [-0.2, 0) is 9.47 Å². The van der Waals surface area contributed by atoms with Crippen molar-refractivity contribution in [3.8, 4) is 11.5 Å². The molecule has 0 N–H and O–H groups in total. The van der Waals surface area contributed by atoms with Gasteiger partial charge in [0.05, 0.1) is 0 Å². The largest absolute Gasteiger partial charge is 0.466 e. The highest BCUT2D eigenvalue weighted by Gasteiger charge is 2.35. The van der Waals surface area contributed by atoms with E-state index in [0.29, 0.717) is 21.5 Å². The molecule has 2 rings (SSSR count). The Hall–Kier alpha value is -1.27. The van der Waals surface area contributed by atoms with Crippen LogP contribution in [0.3, 0.4) is 0 Å². The van der Waals surface area contributed by atoms with Gasteiger partial charge in [-0.05, 0) is 28.1 Å². The van der Waals surface area contributed by atoms with Crippen molar-refractivity contribution in [2.75, 3.05) is 13.9 Å². The van der Waals surface area contributed by atoms with E-state index in [1.807, 2.05) is 0 Å². The van der Waals surface area contributed by atoms with Gasteiger partial charge in [-0.15, -0.1) is 0 Å². The predicted molar refractivity (Wildman–Crippen MR) is 66.8 cm³/mol. The summed E-state index contributed by atoms with van der Waals surface area (Å²) < 4.78 is 21.5. The SMILES string of the molecule is COCOc1ccc2c(c1Br)OC(C)(C)OC2=O. The first-order valence-electron chi connectivity index (χ1n) is 5.31. The van der Waals surface area contributed by atoms with Crippen LogP contribution in [0.4, 0.5) is 0 Å². The number of ether oxygens (including phenoxy) is 4. The van der Waals surface area contributed by atoms with E-state index in [1.165, 1.54) is 7.11 Å². The molecule has 0 aliphatic carbocycles. The molecule has 0 aromatic heterocycles. The molecular formula is C12H13BrO5. The third kappa shape index (κ3) is 2.44. The number of cyclic esters (lactones) is 1. The molecule has 98 valence electrons. The summed E-state index contributed by atoms with van der Waals surface area (Å²) in [6.07, 6.45) is 0. The number of esters is 1. The smallest absolute Gasteiger partial charge is 0.345 e. The highest BCUT2D eigenvalue weighted by molar-refractivity contribution is 9.10. The Kier molecular flexibility index (Phi) is 3.49. The summed E-state index contributed by atoms with van der Waals surface area (Å²) in [7, 11) is 1.53. The fraction of sp³-hybridized carbons (Fsp3) is 0.417. The topological polar surface area (TPSA) is 54.0 Å². The monoisotopic (exact) mass is 316 g/mol. The first-order valence-corrected chi connectivity index (χ1v) is 6.10. The zero-order valence-electron chi connectivity index (χ0n) is 10.3. The first-order chi connectivity index (χ1) is 8.44. The number of rotatable bonds is 3. The number of halogens is 1. The molecule has 0 saturated heterocycles. The molecule has 18 heavy (non-hydrogen) atoms. The van der Waals surface area contributed by atoms with Crippen LogP contribution in [0.2, 0.25) is 0 Å². The maximum atomic E-state index is 11.8. The van der Waals surface area contributed by atoms with Crippen LogP contribution in [0.25, 0.3) is 0 Å². The van der Waals surface area contributed by atoms with E-state index in [-0.39, 0.29) is 6.79 Å². The third-order valence-electron chi connectivity index (χ3n) is 2.30. The molecule has 0 atom stereocenters. The van der Waals surface area contributed by atoms with Gasteiger partial charge < -0.3 is 18.9 Å². The second kappa shape index (κ2) is 4.78. The lowest BCUT2D eigenvalue weighted by atomic mass is 10.1. The maximum Gasteiger partial charge on any atom is 0.345 e. The molecule has 0 unspecified atom stereocenters. The molecule has 1 aliphatic heterocycles. The van der Waals surface area contributed by atoms with Gasteiger partial charge in [0.25, 0.3) is 0 Å². The molecule has 0 spiro atoms. The molecule has 0 amide bonds. The van der Waals surface area contributed by atoms with E-state index in [0.717, 1.165) is 0 Å². The zero-order chi connectivity index (χ0) is 13.3. The molecular weight excluding hydrogens is 304 g/mol. The van der Waals surface area contributed by atoms with Crippen LogP contribution in [0, 0.1) is 0 Å². The summed E-state index contributed by atoms with van der Waals surface area (Å²) in [5.41, 5.74) is 0.367. The van der Waals surface area contributed by atoms with Gasteiger partial charge in [-0.25, -0.2) is 4.79 Å². The maximum absolute atomic E-state index is 11.8. The summed E-state index contributed by atoms with van der Waals surface area (Å²) in [6, 6.07) is 3.26. The second-order valence-corrected chi connectivity index (χ2v) is 4.99. The minimum Gasteiger partial charge on any atom is -0.466 e. The normalized spacial score (nSPS) is 16.6. The van der Waals surface area contributed by atoms with Gasteiger partial charge in [-0.2, -0.15) is 0 Å². The van der Waals surface area contributed by atoms with Crippen LogP contribution in [0.15, 0.2) is 16.6 Å². The fourth-order valence-corrected chi connectivity index (χ4v) is 2.12. The number of carbonyl (C=O) groups excluding carboxylic acids is 1. The zero-order valence-corrected chi connectivity index (χ0v) is 11.9. The Morgan fingerprint density at radius 1 is 1.33 bits per heavy atom. The van der Waals surface area contributed by atoms with Crippen molar-refractivity contribution in [2.24, 2.45) is 0 Å². The van der Waals surface area contributed by atoms with Gasteiger partial charge >= 0.3 is 5.97 Å². The van der Waals surface area contributed by atoms with Gasteiger partial charge in [0.15, 0.2) is 12.5 Å². The van der Waals surface area contributed by atoms with Gasteiger partial charge in [0, 0.05) is 21.0 Å². The minimum atomic E-state index is -0.994. The van der Waals surface area contributed by atoms with Crippen molar-refractivity contribution >= 4 is 21.9 Å². The minimum absolute atomic E-state index is 0.116. The number of carbonyl (C=O) groups is 1. The molecule has 0 radical (unpaired) electrons. The van der Waals surface area contributed by atoms with Crippen LogP contribution in [0.1, 0.15) is 24.2 Å². The van der Waals surface area contributed by atoms with E-state index in [1.54, 1.807) is 26.0 Å². The summed E-state index contributed by atoms with van der Waals surface area (Å²) in [5, 5.41) is 0. The average Bonchev–Trinajstić information content (AvgIpc) is 2.28. The van der Waals surface area contributed by atoms with E-state index >= 15 is 0 Å². The van der Waals surface area contributed by atoms with E-state index < -0.39 is 11.8 Å². The predicted octanol–water partition coefficient (Wildman–Crippen LogP) is 2.72. The first kappa shape index (κ1) is 13.2. The Balaban J connectivity index is 2.41. The number of hydrogen-bond acceptors (Lipinski definition) is 5. The Bertz CT molecular complexity index is 484. The molecule has 1 aliphatic rings. The van der Waals surface area contributed by atoms with Gasteiger partial charge in [0.2, 0.25) is 5.79 Å². The molecule has 1 heterocycles. The van der Waals surface area contributed by atoms with Gasteiger partial charge in [-0.1, -0.05) is 0 Å². The Morgan fingerprint density at radius 2 is 2.06 bits per heavy atom. The van der Waals surface area contributed by atoms with Crippen LogP contribution < -0.4 is 9.47 Å². The standard InChI is InChI=1S/C12H13BrO5/c1-12(2)17-10-7(11(14)18-12)4-5-8(9(10)13)16-6-15-3/h4-5H,6H2,1-3H3. The van der Waals surface area contributed by atoms with Crippen molar-refractivity contribution in [1.29, 1.82) is 0 Å². The highest BCUT2D eigenvalue weighted by Crippen LogP contribution is 2.42. The lowest BCUT2D eigenvalue weighted by molar-refractivity contribution is -0.127. The third-order valence-corrected chi connectivity index (χ3v) is 3.05. The lowest BCUT2D eigenvalue weighted by Gasteiger charge is -2.32. The number of fused-ring (bicyclic) bond motifs is 1. The van der Waals surface area contributed by atoms with Gasteiger partial charge in [-0.3, -0.25) is 0 Å². The summed E-state index contributed by atoms with van der Waals surface area (Å²) in [6.45, 7) is 3.46. The molecule has 0 bridgehead atoms. The lowest BCUT2D eigenvalue weighted by Crippen LogP contribution is -2.39. The number of methoxy groups -OCH3 is 1. The molecule has 1 aromatic rings. The van der Waals surface area contributed by atoms with E-state index in [9.17, 15) is 4.79 Å². The van der Waals surface area contributed by atoms with Crippen molar-refractivity contribution in [3.63, 3.8) is 0 Å². The summed E-state index contributed by atoms with van der Waals surface area (Å²) in [4.78, 5) is 11.8. The van der Waals surface area contributed by atoms with Crippen molar-refractivity contribution in [3.05, 3.63) is 22.2 Å². The van der Waals surface area contributed by atoms with Crippen LogP contribution >= 0.6 is 15.9 Å². The molecule has 5 nitrogen and oxygen atoms in total. The molecule has 0 fully saturated rings. The second-order valence-electron chi connectivity index (χ2n) is 4.20. The number of hydrogen-bond donors (Lipinski definition) is 0. The molecule has 6 heteroatoms. The van der Waals surface area contributed by atoms with Crippen molar-refractivity contribution in [1.82, 2.24) is 0 Å². The highest BCUT2D eigenvalue weighted by atomic mass is 79.9. The van der Waals surface area contributed by atoms with E-state index in [2.05, 4.69) is 15.9 Å². The average molecular weight is 317 g/mol. The summed E-state index contributed by atoms with van der Waals surface area (Å²) in [5.74, 6) is -0.446. The van der Waals surface area contributed by atoms with Gasteiger partial charge in [0.1, 0.15) is 15.8 Å². The fourth-order valence-electron chi connectivity index (χ4n) is 1.58. The van der Waals surface area contributed by atoms with Crippen molar-refractivity contribution < 1.29 is 23.7 Å². The number of benzene rings is 1. The summed E-state index contributed by atoms with van der Waals surface area (Å²) >= 11 is 3.36. The quantitative estimate of drug-likeness (QED) is 0.634.